The van der Waals surface area contributed by atoms with Crippen molar-refractivity contribution in [2.45, 2.75) is 18.8 Å². The van der Waals surface area contributed by atoms with Gasteiger partial charge in [-0.25, -0.2) is 0 Å². The number of aliphatic carboxylic acids is 1. The van der Waals surface area contributed by atoms with E-state index in [1.165, 1.54) is 7.11 Å². The normalized spacial score (nSPS) is 13.9. The molecule has 1 rings (SSSR count). The fourth-order valence-corrected chi connectivity index (χ4v) is 1.71. The number of hydrogen-bond acceptors (Lipinski definition) is 4. The van der Waals surface area contributed by atoms with Gasteiger partial charge >= 0.3 is 5.97 Å². The maximum absolute atomic E-state index is 11.7. The van der Waals surface area contributed by atoms with Gasteiger partial charge < -0.3 is 14.6 Å². The highest BCUT2D eigenvalue weighted by Gasteiger charge is 2.41. The van der Waals surface area contributed by atoms with Crippen molar-refractivity contribution in [1.82, 2.24) is 0 Å². The van der Waals surface area contributed by atoms with Gasteiger partial charge in [0.15, 0.2) is 0 Å². The molecule has 0 spiro atoms. The molecule has 0 bridgehead atoms. The Bertz CT molecular complexity index is 385. The number of carbonyl (C=O) groups is 2. The Morgan fingerprint density at radius 1 is 1.31 bits per heavy atom. The average molecular weight is 221 g/mol. The minimum Gasteiger partial charge on any atom is -0.549 e. The van der Waals surface area contributed by atoms with E-state index in [2.05, 4.69) is 4.74 Å². The highest BCUT2D eigenvalue weighted by atomic mass is 16.5. The zero-order valence-electron chi connectivity index (χ0n) is 9.23. The third kappa shape index (κ3) is 1.78. The lowest BCUT2D eigenvalue weighted by Gasteiger charge is -2.31. The molecule has 0 N–H and O–H groups in total. The van der Waals surface area contributed by atoms with Crippen LogP contribution >= 0.6 is 0 Å². The van der Waals surface area contributed by atoms with Crippen molar-refractivity contribution in [3.63, 3.8) is 0 Å². The molecule has 0 unspecified atom stereocenters. The molecule has 4 nitrogen and oxygen atoms in total. The summed E-state index contributed by atoms with van der Waals surface area (Å²) in [5, 5.41) is 11.2. The van der Waals surface area contributed by atoms with Crippen molar-refractivity contribution < 1.29 is 19.4 Å². The smallest absolute Gasteiger partial charge is 0.322 e. The largest absolute Gasteiger partial charge is 0.549 e. The number of carboxylic acids is 1. The molecule has 0 aliphatic carbocycles. The van der Waals surface area contributed by atoms with Crippen molar-refractivity contribution in [3.05, 3.63) is 35.9 Å². The first kappa shape index (κ1) is 12.2. The number of ether oxygens (including phenoxy) is 1. The van der Waals surface area contributed by atoms with Gasteiger partial charge in [0.2, 0.25) is 0 Å². The molecule has 1 atom stereocenters. The molecule has 0 saturated carbocycles. The van der Waals surface area contributed by atoms with Gasteiger partial charge in [0.05, 0.1) is 13.1 Å². The molecular weight excluding hydrogens is 208 g/mol. The zero-order chi connectivity index (χ0) is 12.2. The SMILES string of the molecule is CC[C@](C(=O)[O-])(C(=O)OC)c1ccccc1. The molecule has 0 aromatic heterocycles. The summed E-state index contributed by atoms with van der Waals surface area (Å²) in [6.07, 6.45) is 0.0893. The lowest BCUT2D eigenvalue weighted by atomic mass is 9.78. The van der Waals surface area contributed by atoms with E-state index in [-0.39, 0.29) is 6.42 Å². The second-order valence-corrected chi connectivity index (χ2v) is 3.40. The van der Waals surface area contributed by atoms with Crippen LogP contribution < -0.4 is 5.11 Å². The second kappa shape index (κ2) is 4.79. The first-order chi connectivity index (χ1) is 7.59. The van der Waals surface area contributed by atoms with E-state index in [0.717, 1.165) is 0 Å². The topological polar surface area (TPSA) is 66.4 Å². The van der Waals surface area contributed by atoms with Gasteiger partial charge in [-0.2, -0.15) is 0 Å². The minimum absolute atomic E-state index is 0.0893. The van der Waals surface area contributed by atoms with Gasteiger partial charge in [-0.3, -0.25) is 4.79 Å². The van der Waals surface area contributed by atoms with Crippen molar-refractivity contribution in [3.8, 4) is 0 Å². The first-order valence-electron chi connectivity index (χ1n) is 4.95. The van der Waals surface area contributed by atoms with Crippen molar-refractivity contribution in [2.75, 3.05) is 7.11 Å². The molecule has 16 heavy (non-hydrogen) atoms. The maximum Gasteiger partial charge on any atom is 0.322 e. The Labute approximate surface area is 93.9 Å². The van der Waals surface area contributed by atoms with Crippen LogP contribution in [0.3, 0.4) is 0 Å². The Hall–Kier alpha value is -1.84. The van der Waals surface area contributed by atoms with E-state index in [1.807, 2.05) is 0 Å². The Kier molecular flexibility index (Phi) is 3.66. The summed E-state index contributed by atoms with van der Waals surface area (Å²) in [6, 6.07) is 8.25. The van der Waals surface area contributed by atoms with Gasteiger partial charge in [0, 0.05) is 0 Å². The van der Waals surface area contributed by atoms with E-state index in [9.17, 15) is 14.7 Å². The van der Waals surface area contributed by atoms with E-state index >= 15 is 0 Å². The van der Waals surface area contributed by atoms with E-state index in [0.29, 0.717) is 5.56 Å². The fourth-order valence-electron chi connectivity index (χ4n) is 1.71. The molecule has 4 heteroatoms. The quantitative estimate of drug-likeness (QED) is 0.540. The van der Waals surface area contributed by atoms with E-state index < -0.39 is 17.4 Å². The fraction of sp³-hybridized carbons (Fsp3) is 0.333. The predicted octanol–water partition coefficient (Wildman–Crippen LogP) is 0.257. The molecule has 1 aromatic carbocycles. The Morgan fingerprint density at radius 3 is 2.25 bits per heavy atom. The number of carbonyl (C=O) groups excluding carboxylic acids is 2. The summed E-state index contributed by atoms with van der Waals surface area (Å²) in [5.41, 5.74) is -1.33. The lowest BCUT2D eigenvalue weighted by molar-refractivity contribution is -0.313. The van der Waals surface area contributed by atoms with Gasteiger partial charge in [0.25, 0.3) is 0 Å². The maximum atomic E-state index is 11.7. The standard InChI is InChI=1S/C12H14O4/c1-3-12(10(13)14,11(15)16-2)9-7-5-4-6-8-9/h4-8H,3H2,1-2H3,(H,13,14)/p-1/t12-/m0/s1. The third-order valence-electron chi connectivity index (χ3n) is 2.68. The van der Waals surface area contributed by atoms with Gasteiger partial charge in [-0.15, -0.1) is 0 Å². The first-order valence-corrected chi connectivity index (χ1v) is 4.95. The summed E-state index contributed by atoms with van der Waals surface area (Å²) < 4.78 is 4.56. The van der Waals surface area contributed by atoms with Crippen LogP contribution in [0.1, 0.15) is 18.9 Å². The van der Waals surface area contributed by atoms with Crippen LogP contribution in [0.25, 0.3) is 0 Å². The number of esters is 1. The molecule has 0 saturated heterocycles. The van der Waals surface area contributed by atoms with Crippen molar-refractivity contribution in [2.24, 2.45) is 0 Å². The summed E-state index contributed by atoms with van der Waals surface area (Å²) >= 11 is 0. The number of methoxy groups -OCH3 is 1. The van der Waals surface area contributed by atoms with Crippen LogP contribution in [0.15, 0.2) is 30.3 Å². The summed E-state index contributed by atoms with van der Waals surface area (Å²) in [7, 11) is 1.17. The van der Waals surface area contributed by atoms with Crippen LogP contribution in [0.5, 0.6) is 0 Å². The van der Waals surface area contributed by atoms with Crippen LogP contribution in [-0.2, 0) is 19.7 Å². The number of carboxylic acid groups (broad SMARTS) is 1. The van der Waals surface area contributed by atoms with E-state index in [1.54, 1.807) is 37.3 Å². The number of benzene rings is 1. The van der Waals surface area contributed by atoms with Gasteiger partial charge in [-0.05, 0) is 12.0 Å². The third-order valence-corrected chi connectivity index (χ3v) is 2.68. The van der Waals surface area contributed by atoms with Crippen molar-refractivity contribution >= 4 is 11.9 Å². The molecule has 0 fully saturated rings. The minimum atomic E-state index is -1.71. The van der Waals surface area contributed by atoms with Crippen LogP contribution in [-0.4, -0.2) is 19.0 Å². The molecule has 0 aliphatic heterocycles. The van der Waals surface area contributed by atoms with E-state index in [4.69, 9.17) is 0 Å². The number of hydrogen-bond donors (Lipinski definition) is 0. The second-order valence-electron chi connectivity index (χ2n) is 3.40. The summed E-state index contributed by atoms with van der Waals surface area (Å²) in [6.45, 7) is 1.61. The predicted molar refractivity (Wildman–Crippen MR) is 55.4 cm³/mol. The summed E-state index contributed by atoms with van der Waals surface area (Å²) in [5.74, 6) is -2.24. The number of rotatable bonds is 4. The molecule has 0 amide bonds. The lowest BCUT2D eigenvalue weighted by Crippen LogP contribution is -2.51. The Balaban J connectivity index is 3.35. The van der Waals surface area contributed by atoms with Gasteiger partial charge in [0.1, 0.15) is 5.41 Å². The average Bonchev–Trinajstić information content (AvgIpc) is 2.31. The monoisotopic (exact) mass is 221 g/mol. The highest BCUT2D eigenvalue weighted by molar-refractivity contribution is 6.04. The molecule has 1 aromatic rings. The molecule has 86 valence electrons. The Morgan fingerprint density at radius 2 is 1.88 bits per heavy atom. The zero-order valence-corrected chi connectivity index (χ0v) is 9.23. The molecule has 0 aliphatic rings. The highest BCUT2D eigenvalue weighted by Crippen LogP contribution is 2.28. The van der Waals surface area contributed by atoms with Crippen molar-refractivity contribution in [1.29, 1.82) is 0 Å². The molecule has 0 radical (unpaired) electrons. The van der Waals surface area contributed by atoms with Crippen LogP contribution in [0.4, 0.5) is 0 Å². The summed E-state index contributed by atoms with van der Waals surface area (Å²) in [4.78, 5) is 22.9. The van der Waals surface area contributed by atoms with Crippen LogP contribution in [0.2, 0.25) is 0 Å². The molecular formula is C12H13O4-. The van der Waals surface area contributed by atoms with Gasteiger partial charge in [-0.1, -0.05) is 37.3 Å². The molecule has 0 heterocycles. The van der Waals surface area contributed by atoms with Crippen LogP contribution in [0, 0.1) is 0 Å².